The number of hydrogen-bond acceptors (Lipinski definition) is 4. The molecule has 0 spiro atoms. The number of carbonyl (C=O) groups is 1. The van der Waals surface area contributed by atoms with Crippen LogP contribution in [0.4, 0.5) is 0 Å². The van der Waals surface area contributed by atoms with Gasteiger partial charge in [0.1, 0.15) is 4.21 Å². The number of rotatable bonds is 3. The number of nitrogens with zero attached hydrogens (tertiary/aromatic N) is 2. The molecule has 1 aromatic heterocycles. The minimum atomic E-state index is -3.42. The minimum absolute atomic E-state index is 0.0381. The van der Waals surface area contributed by atoms with Crippen molar-refractivity contribution >= 4 is 27.3 Å². The van der Waals surface area contributed by atoms with Crippen LogP contribution < -0.4 is 0 Å². The van der Waals surface area contributed by atoms with Crippen LogP contribution >= 0.6 is 11.3 Å². The average molecular weight is 328 g/mol. The third-order valence-corrected chi connectivity index (χ3v) is 7.44. The van der Waals surface area contributed by atoms with Gasteiger partial charge in [0.15, 0.2) is 0 Å². The van der Waals surface area contributed by atoms with Crippen LogP contribution in [0.1, 0.15) is 42.5 Å². The lowest BCUT2D eigenvalue weighted by Crippen LogP contribution is -2.35. The number of piperidine rings is 1. The van der Waals surface area contributed by atoms with E-state index in [-0.39, 0.29) is 5.91 Å². The highest BCUT2D eigenvalue weighted by molar-refractivity contribution is 7.91. The monoisotopic (exact) mass is 328 g/mol. The average Bonchev–Trinajstić information content (AvgIpc) is 3.19. The van der Waals surface area contributed by atoms with Crippen molar-refractivity contribution in [2.45, 2.75) is 36.3 Å². The molecule has 2 aliphatic rings. The van der Waals surface area contributed by atoms with Crippen LogP contribution in [0.5, 0.6) is 0 Å². The van der Waals surface area contributed by atoms with Crippen molar-refractivity contribution in [3.05, 3.63) is 17.0 Å². The van der Waals surface area contributed by atoms with Crippen LogP contribution in [0.15, 0.2) is 15.7 Å². The molecular formula is C14H20N2O3S2. The molecule has 0 unspecified atom stereocenters. The smallest absolute Gasteiger partial charge is 0.254 e. The van der Waals surface area contributed by atoms with E-state index >= 15 is 0 Å². The number of sulfonamides is 1. The first-order chi connectivity index (χ1) is 10.1. The van der Waals surface area contributed by atoms with E-state index in [2.05, 4.69) is 0 Å². The fourth-order valence-electron chi connectivity index (χ4n) is 2.90. The SMILES string of the molecule is O=C(c1csc(S(=O)(=O)N2CCCCC2)c1)N1CCCC1. The van der Waals surface area contributed by atoms with Crippen LogP contribution in [0, 0.1) is 0 Å². The van der Waals surface area contributed by atoms with Gasteiger partial charge in [0.25, 0.3) is 15.9 Å². The topological polar surface area (TPSA) is 57.7 Å². The summed E-state index contributed by atoms with van der Waals surface area (Å²) in [6.45, 7) is 2.75. The van der Waals surface area contributed by atoms with Crippen molar-refractivity contribution in [1.82, 2.24) is 9.21 Å². The third kappa shape index (κ3) is 3.00. The van der Waals surface area contributed by atoms with Gasteiger partial charge in [0.2, 0.25) is 0 Å². The van der Waals surface area contributed by atoms with Crippen molar-refractivity contribution in [3.63, 3.8) is 0 Å². The highest BCUT2D eigenvalue weighted by atomic mass is 32.2. The van der Waals surface area contributed by atoms with E-state index < -0.39 is 10.0 Å². The lowest BCUT2D eigenvalue weighted by Gasteiger charge is -2.25. The molecule has 2 aliphatic heterocycles. The van der Waals surface area contributed by atoms with Crippen molar-refractivity contribution in [3.8, 4) is 0 Å². The summed E-state index contributed by atoms with van der Waals surface area (Å²) in [5, 5.41) is 1.68. The summed E-state index contributed by atoms with van der Waals surface area (Å²) < 4.78 is 27.0. The molecule has 0 atom stereocenters. The van der Waals surface area contributed by atoms with Gasteiger partial charge in [-0.3, -0.25) is 4.79 Å². The Morgan fingerprint density at radius 1 is 1.00 bits per heavy atom. The molecular weight excluding hydrogens is 308 g/mol. The third-order valence-electron chi connectivity index (χ3n) is 4.12. The van der Waals surface area contributed by atoms with Crippen LogP contribution in [-0.4, -0.2) is 49.7 Å². The zero-order chi connectivity index (χ0) is 14.9. The summed E-state index contributed by atoms with van der Waals surface area (Å²) in [6.07, 6.45) is 5.01. The molecule has 3 heterocycles. The van der Waals surface area contributed by atoms with Gasteiger partial charge < -0.3 is 4.90 Å². The highest BCUT2D eigenvalue weighted by Gasteiger charge is 2.29. The number of amides is 1. The van der Waals surface area contributed by atoms with Crippen LogP contribution in [0.2, 0.25) is 0 Å². The maximum Gasteiger partial charge on any atom is 0.254 e. The van der Waals surface area contributed by atoms with Crippen molar-refractivity contribution < 1.29 is 13.2 Å². The first kappa shape index (κ1) is 15.0. The standard InChI is InChI=1S/C14H20N2O3S2/c17-14(15-6-4-5-7-15)12-10-13(20-11-12)21(18,19)16-8-2-1-3-9-16/h10-11H,1-9H2. The lowest BCUT2D eigenvalue weighted by molar-refractivity contribution is 0.0793. The summed E-state index contributed by atoms with van der Waals surface area (Å²) in [7, 11) is -3.42. The first-order valence-electron chi connectivity index (χ1n) is 7.47. The van der Waals surface area contributed by atoms with E-state index in [4.69, 9.17) is 0 Å². The largest absolute Gasteiger partial charge is 0.339 e. The maximum absolute atomic E-state index is 12.6. The second-order valence-electron chi connectivity index (χ2n) is 5.62. The minimum Gasteiger partial charge on any atom is -0.339 e. The van der Waals surface area contributed by atoms with E-state index in [0.717, 1.165) is 56.5 Å². The van der Waals surface area contributed by atoms with Gasteiger partial charge in [0, 0.05) is 31.6 Å². The Kier molecular flexibility index (Phi) is 4.33. The number of thiophene rings is 1. The predicted molar refractivity (Wildman–Crippen MR) is 82.1 cm³/mol. The molecule has 7 heteroatoms. The number of hydrogen-bond donors (Lipinski definition) is 0. The summed E-state index contributed by atoms with van der Waals surface area (Å²) in [4.78, 5) is 14.1. The van der Waals surface area contributed by atoms with Gasteiger partial charge >= 0.3 is 0 Å². The normalized spacial score (nSPS) is 20.9. The van der Waals surface area contributed by atoms with Gasteiger partial charge in [-0.2, -0.15) is 4.31 Å². The van der Waals surface area contributed by atoms with Crippen LogP contribution in [0.3, 0.4) is 0 Å². The van der Waals surface area contributed by atoms with Gasteiger partial charge in [-0.05, 0) is 31.7 Å². The Balaban J connectivity index is 1.78. The number of carbonyl (C=O) groups excluding carboxylic acids is 1. The predicted octanol–water partition coefficient (Wildman–Crippen LogP) is 2.16. The molecule has 1 amide bonds. The van der Waals surface area contributed by atoms with E-state index in [1.165, 1.54) is 0 Å². The van der Waals surface area contributed by atoms with Crippen molar-refractivity contribution in [1.29, 1.82) is 0 Å². The summed E-state index contributed by atoms with van der Waals surface area (Å²) in [5.41, 5.74) is 0.512. The lowest BCUT2D eigenvalue weighted by atomic mass is 10.2. The molecule has 5 nitrogen and oxygen atoms in total. The molecule has 0 aromatic carbocycles. The molecule has 3 rings (SSSR count). The molecule has 0 N–H and O–H groups in total. The van der Waals surface area contributed by atoms with Gasteiger partial charge in [-0.1, -0.05) is 6.42 Å². The van der Waals surface area contributed by atoms with E-state index in [1.807, 2.05) is 0 Å². The molecule has 0 saturated carbocycles. The zero-order valence-electron chi connectivity index (χ0n) is 12.0. The van der Waals surface area contributed by atoms with Crippen molar-refractivity contribution in [2.75, 3.05) is 26.2 Å². The van der Waals surface area contributed by atoms with Gasteiger partial charge in [0.05, 0.1) is 5.56 Å². The summed E-state index contributed by atoms with van der Waals surface area (Å²) >= 11 is 1.16. The fourth-order valence-corrected chi connectivity index (χ4v) is 5.72. The second-order valence-corrected chi connectivity index (χ2v) is 8.69. The maximum atomic E-state index is 12.6. The van der Waals surface area contributed by atoms with E-state index in [9.17, 15) is 13.2 Å². The Morgan fingerprint density at radius 2 is 1.62 bits per heavy atom. The quantitative estimate of drug-likeness (QED) is 0.854. The molecule has 0 bridgehead atoms. The van der Waals surface area contributed by atoms with Crippen LogP contribution in [0.25, 0.3) is 0 Å². The van der Waals surface area contributed by atoms with Gasteiger partial charge in [-0.15, -0.1) is 11.3 Å². The fraction of sp³-hybridized carbons (Fsp3) is 0.643. The molecule has 2 saturated heterocycles. The Labute approximate surface area is 129 Å². The molecule has 0 radical (unpaired) electrons. The summed E-state index contributed by atoms with van der Waals surface area (Å²) in [5.74, 6) is -0.0381. The highest BCUT2D eigenvalue weighted by Crippen LogP contribution is 2.27. The van der Waals surface area contributed by atoms with Crippen LogP contribution in [-0.2, 0) is 10.0 Å². The number of likely N-dealkylation sites (tertiary alicyclic amines) is 1. The molecule has 1 aromatic rings. The second kappa shape index (κ2) is 6.06. The Bertz CT molecular complexity index is 612. The van der Waals surface area contributed by atoms with E-state index in [0.29, 0.717) is 22.9 Å². The molecule has 2 fully saturated rings. The Morgan fingerprint density at radius 3 is 2.29 bits per heavy atom. The molecule has 21 heavy (non-hydrogen) atoms. The van der Waals surface area contributed by atoms with Crippen molar-refractivity contribution in [2.24, 2.45) is 0 Å². The first-order valence-corrected chi connectivity index (χ1v) is 9.79. The zero-order valence-corrected chi connectivity index (χ0v) is 13.6. The molecule has 0 aliphatic carbocycles. The van der Waals surface area contributed by atoms with E-state index in [1.54, 1.807) is 20.7 Å². The van der Waals surface area contributed by atoms with Gasteiger partial charge in [-0.25, -0.2) is 8.42 Å². The molecule has 116 valence electrons. The summed E-state index contributed by atoms with van der Waals surface area (Å²) in [6, 6.07) is 1.55. The Hall–Kier alpha value is -0.920.